The highest BCUT2D eigenvalue weighted by atomic mass is 31.0. The van der Waals surface area contributed by atoms with Crippen molar-refractivity contribution in [1.82, 2.24) is 5.32 Å². The van der Waals surface area contributed by atoms with Crippen molar-refractivity contribution in [3.63, 3.8) is 0 Å². The predicted octanol–water partition coefficient (Wildman–Crippen LogP) is -0.0463. The third-order valence-electron chi connectivity index (χ3n) is 1.36. The lowest BCUT2D eigenvalue weighted by Crippen LogP contribution is -2.31. The zero-order valence-electron chi connectivity index (χ0n) is 6.13. The molecule has 0 spiro atoms. The van der Waals surface area contributed by atoms with E-state index < -0.39 is 0 Å². The minimum Gasteiger partial charge on any atom is -0.396 e. The second kappa shape index (κ2) is 5.63. The molecule has 0 aliphatic rings. The van der Waals surface area contributed by atoms with Crippen LogP contribution in [0, 0.1) is 5.92 Å². The van der Waals surface area contributed by atoms with Gasteiger partial charge >= 0.3 is 0 Å². The third-order valence-corrected chi connectivity index (χ3v) is 1.56. The molecule has 0 heterocycles. The molecular formula is C6H14NO2P. The Morgan fingerprint density at radius 3 is 2.70 bits per heavy atom. The second-order valence-electron chi connectivity index (χ2n) is 2.03. The van der Waals surface area contributed by atoms with Crippen molar-refractivity contribution in [2.75, 3.05) is 12.9 Å². The summed E-state index contributed by atoms with van der Waals surface area (Å²) >= 11 is 0. The van der Waals surface area contributed by atoms with E-state index in [1.807, 2.05) is 6.92 Å². The van der Waals surface area contributed by atoms with Gasteiger partial charge in [-0.15, -0.1) is 9.24 Å². The molecule has 0 rings (SSSR count). The molecule has 0 aromatic carbocycles. The standard InChI is InChI=1S/C6H14NO2P/c1-2-5(3-8)6(9)7-4-10/h5,8H,2-4,10H2,1H3,(H,7,9). The summed E-state index contributed by atoms with van der Waals surface area (Å²) < 4.78 is 0. The lowest BCUT2D eigenvalue weighted by molar-refractivity contribution is -0.125. The van der Waals surface area contributed by atoms with Crippen LogP contribution < -0.4 is 5.32 Å². The van der Waals surface area contributed by atoms with Gasteiger partial charge in [0.05, 0.1) is 12.5 Å². The summed E-state index contributed by atoms with van der Waals surface area (Å²) in [5, 5.41) is 11.3. The number of amides is 1. The highest BCUT2D eigenvalue weighted by Gasteiger charge is 2.12. The van der Waals surface area contributed by atoms with Gasteiger partial charge in [0, 0.05) is 6.29 Å². The zero-order chi connectivity index (χ0) is 7.98. The van der Waals surface area contributed by atoms with Crippen molar-refractivity contribution in [2.45, 2.75) is 13.3 Å². The second-order valence-corrected chi connectivity index (χ2v) is 2.44. The van der Waals surface area contributed by atoms with Crippen molar-refractivity contribution in [2.24, 2.45) is 5.92 Å². The summed E-state index contributed by atoms with van der Waals surface area (Å²) in [6, 6.07) is 0. The Labute approximate surface area is 63.4 Å². The molecular weight excluding hydrogens is 149 g/mol. The molecule has 0 aliphatic heterocycles. The largest absolute Gasteiger partial charge is 0.396 e. The molecule has 4 heteroatoms. The van der Waals surface area contributed by atoms with E-state index in [0.717, 1.165) is 0 Å². The summed E-state index contributed by atoms with van der Waals surface area (Å²) in [6.07, 6.45) is 1.24. The number of nitrogens with one attached hydrogen (secondary N) is 1. The van der Waals surface area contributed by atoms with Crippen LogP contribution in [0.3, 0.4) is 0 Å². The van der Waals surface area contributed by atoms with Crippen LogP contribution in [0.2, 0.25) is 0 Å². The molecule has 0 radical (unpaired) electrons. The number of hydrogen-bond acceptors (Lipinski definition) is 2. The van der Waals surface area contributed by atoms with Crippen molar-refractivity contribution < 1.29 is 9.90 Å². The van der Waals surface area contributed by atoms with Gasteiger partial charge in [-0.2, -0.15) is 0 Å². The van der Waals surface area contributed by atoms with Crippen molar-refractivity contribution in [3.8, 4) is 0 Å². The minimum absolute atomic E-state index is 0.0625. The van der Waals surface area contributed by atoms with Crippen LogP contribution in [0.4, 0.5) is 0 Å². The summed E-state index contributed by atoms with van der Waals surface area (Å²) in [6.45, 7) is 1.82. The molecule has 1 amide bonds. The normalized spacial score (nSPS) is 12.7. The molecule has 2 unspecified atom stereocenters. The van der Waals surface area contributed by atoms with E-state index in [1.54, 1.807) is 0 Å². The molecule has 0 aromatic rings. The first kappa shape index (κ1) is 9.86. The van der Waals surface area contributed by atoms with Gasteiger partial charge in [-0.25, -0.2) is 0 Å². The number of hydrogen-bond donors (Lipinski definition) is 2. The first-order chi connectivity index (χ1) is 4.76. The monoisotopic (exact) mass is 163 g/mol. The number of carbonyl (C=O) groups excluding carboxylic acids is 1. The van der Waals surface area contributed by atoms with Crippen molar-refractivity contribution in [3.05, 3.63) is 0 Å². The quantitative estimate of drug-likeness (QED) is 0.571. The van der Waals surface area contributed by atoms with E-state index in [1.165, 1.54) is 0 Å². The Morgan fingerprint density at radius 1 is 1.80 bits per heavy atom. The summed E-state index contributed by atoms with van der Waals surface area (Å²) in [7, 11) is 2.40. The fourth-order valence-corrected chi connectivity index (χ4v) is 0.844. The lowest BCUT2D eigenvalue weighted by Gasteiger charge is -2.09. The first-order valence-electron chi connectivity index (χ1n) is 3.34. The van der Waals surface area contributed by atoms with Crippen LogP contribution >= 0.6 is 9.24 Å². The maximum absolute atomic E-state index is 10.9. The summed E-state index contributed by atoms with van der Waals surface area (Å²) in [5.74, 6) is -0.305. The summed E-state index contributed by atoms with van der Waals surface area (Å²) in [4.78, 5) is 10.9. The van der Waals surface area contributed by atoms with Crippen LogP contribution in [-0.4, -0.2) is 23.9 Å². The first-order valence-corrected chi connectivity index (χ1v) is 4.16. The van der Waals surface area contributed by atoms with Gasteiger partial charge in [0.1, 0.15) is 0 Å². The smallest absolute Gasteiger partial charge is 0.225 e. The third kappa shape index (κ3) is 3.14. The Kier molecular flexibility index (Phi) is 5.55. The SMILES string of the molecule is CCC(CO)C(=O)NCP. The van der Waals surface area contributed by atoms with E-state index in [2.05, 4.69) is 14.6 Å². The fraction of sp³-hybridized carbons (Fsp3) is 0.833. The lowest BCUT2D eigenvalue weighted by atomic mass is 10.1. The highest BCUT2D eigenvalue weighted by Crippen LogP contribution is 2.00. The Morgan fingerprint density at radius 2 is 2.40 bits per heavy atom. The van der Waals surface area contributed by atoms with Crippen molar-refractivity contribution >= 4 is 15.1 Å². The van der Waals surface area contributed by atoms with E-state index >= 15 is 0 Å². The number of rotatable bonds is 4. The molecule has 60 valence electrons. The number of aliphatic hydroxyl groups is 1. The van der Waals surface area contributed by atoms with Crippen LogP contribution in [0.15, 0.2) is 0 Å². The van der Waals surface area contributed by atoms with Crippen LogP contribution in [0.1, 0.15) is 13.3 Å². The molecule has 0 bridgehead atoms. The van der Waals surface area contributed by atoms with Crippen LogP contribution in [0.25, 0.3) is 0 Å². The molecule has 0 aliphatic carbocycles. The molecule has 2 atom stereocenters. The molecule has 2 N–H and O–H groups in total. The van der Waals surface area contributed by atoms with Gasteiger partial charge in [-0.3, -0.25) is 4.79 Å². The molecule has 3 nitrogen and oxygen atoms in total. The van der Waals surface area contributed by atoms with Gasteiger partial charge < -0.3 is 10.4 Å². The van der Waals surface area contributed by atoms with E-state index in [4.69, 9.17) is 5.11 Å². The summed E-state index contributed by atoms with van der Waals surface area (Å²) in [5.41, 5.74) is 0. The average Bonchev–Trinajstić information content (AvgIpc) is 1.91. The Bertz CT molecular complexity index is 104. The van der Waals surface area contributed by atoms with E-state index in [-0.39, 0.29) is 18.4 Å². The molecule has 10 heavy (non-hydrogen) atoms. The van der Waals surface area contributed by atoms with Crippen molar-refractivity contribution in [1.29, 1.82) is 0 Å². The molecule has 0 aromatic heterocycles. The predicted molar refractivity (Wildman–Crippen MR) is 43.6 cm³/mol. The van der Waals surface area contributed by atoms with Gasteiger partial charge in [0.15, 0.2) is 0 Å². The van der Waals surface area contributed by atoms with Gasteiger partial charge in [-0.05, 0) is 6.42 Å². The highest BCUT2D eigenvalue weighted by molar-refractivity contribution is 7.16. The Hall–Kier alpha value is -0.140. The maximum Gasteiger partial charge on any atom is 0.225 e. The van der Waals surface area contributed by atoms with Gasteiger partial charge in [0.25, 0.3) is 0 Å². The fourth-order valence-electron chi connectivity index (χ4n) is 0.642. The van der Waals surface area contributed by atoms with Crippen LogP contribution in [0.5, 0.6) is 0 Å². The van der Waals surface area contributed by atoms with E-state index in [0.29, 0.717) is 12.7 Å². The van der Waals surface area contributed by atoms with Gasteiger partial charge in [0.2, 0.25) is 5.91 Å². The zero-order valence-corrected chi connectivity index (χ0v) is 7.29. The molecule has 0 saturated carbocycles. The van der Waals surface area contributed by atoms with Gasteiger partial charge in [-0.1, -0.05) is 6.92 Å². The minimum atomic E-state index is -0.236. The number of carbonyl (C=O) groups is 1. The molecule has 0 saturated heterocycles. The topological polar surface area (TPSA) is 49.3 Å². The maximum atomic E-state index is 10.9. The molecule has 0 fully saturated rings. The van der Waals surface area contributed by atoms with E-state index in [9.17, 15) is 4.79 Å². The van der Waals surface area contributed by atoms with Crippen LogP contribution in [-0.2, 0) is 4.79 Å². The average molecular weight is 163 g/mol. The Balaban J connectivity index is 3.65. The number of aliphatic hydroxyl groups excluding tert-OH is 1.